The van der Waals surface area contributed by atoms with Crippen molar-refractivity contribution >= 4 is 28.3 Å². The molecule has 9 heteroatoms. The Kier molecular flexibility index (Phi) is 6.30. The molecule has 186 valence electrons. The van der Waals surface area contributed by atoms with Crippen molar-refractivity contribution in [1.29, 1.82) is 0 Å². The Bertz CT molecular complexity index is 1420. The first-order valence-corrected chi connectivity index (χ1v) is 11.9. The average Bonchev–Trinajstić information content (AvgIpc) is 3.50. The number of carbonyl (C=O) groups is 2. The van der Waals surface area contributed by atoms with Gasteiger partial charge in [0.15, 0.2) is 5.78 Å². The highest BCUT2D eigenvalue weighted by molar-refractivity contribution is 6.10. The number of carbonyl (C=O) groups excluding carboxylic acids is 2. The summed E-state index contributed by atoms with van der Waals surface area (Å²) in [5.74, 6) is -0.424. The van der Waals surface area contributed by atoms with E-state index in [-0.39, 0.29) is 17.3 Å². The minimum absolute atomic E-state index is 0.0441. The van der Waals surface area contributed by atoms with Gasteiger partial charge in [-0.05, 0) is 37.0 Å². The molecule has 0 bridgehead atoms. The molecule has 2 aromatic carbocycles. The third-order valence-electron chi connectivity index (χ3n) is 6.87. The predicted octanol–water partition coefficient (Wildman–Crippen LogP) is 5.09. The van der Waals surface area contributed by atoms with E-state index in [1.54, 1.807) is 16.9 Å². The number of rotatable bonds is 7. The summed E-state index contributed by atoms with van der Waals surface area (Å²) in [7, 11) is 1.84. The number of aromatic amines is 1. The number of piperidine rings is 1. The van der Waals surface area contributed by atoms with Gasteiger partial charge in [-0.1, -0.05) is 24.3 Å². The standard InChI is InChI=1S/C27H27F2N5O2/c1-33-15-19(13-31-33)22-12-21-23(9-8-20(27(30)36)25(21)32-22)34-10-2-3-16(14-34)11-24(35)17-4-6-18(7-5-17)26(28)29/h4-9,12-13,15-16,26,32H,2-3,10-11,14H2,1H3,(H2,30,36)/t16-/m0/s1. The molecule has 1 amide bonds. The number of nitrogens with one attached hydrogen (secondary N) is 1. The molecule has 5 rings (SSSR count). The van der Waals surface area contributed by atoms with Crippen molar-refractivity contribution in [2.75, 3.05) is 18.0 Å². The Labute approximate surface area is 206 Å². The summed E-state index contributed by atoms with van der Waals surface area (Å²) in [5, 5.41) is 5.12. The number of alkyl halides is 2. The van der Waals surface area contributed by atoms with Crippen LogP contribution in [-0.4, -0.2) is 39.5 Å². The first-order chi connectivity index (χ1) is 17.3. The zero-order valence-corrected chi connectivity index (χ0v) is 19.9. The van der Waals surface area contributed by atoms with Crippen LogP contribution in [0.1, 0.15) is 52.0 Å². The van der Waals surface area contributed by atoms with Crippen molar-refractivity contribution in [3.63, 3.8) is 0 Å². The van der Waals surface area contributed by atoms with Gasteiger partial charge in [-0.2, -0.15) is 5.10 Å². The van der Waals surface area contributed by atoms with E-state index >= 15 is 0 Å². The fraction of sp³-hybridized carbons (Fsp3) is 0.296. The molecule has 1 aliphatic heterocycles. The number of aryl methyl sites for hydroxylation is 1. The van der Waals surface area contributed by atoms with Crippen molar-refractivity contribution in [2.24, 2.45) is 18.7 Å². The number of anilines is 1. The fourth-order valence-corrected chi connectivity index (χ4v) is 5.05. The normalized spacial score (nSPS) is 16.1. The lowest BCUT2D eigenvalue weighted by Gasteiger charge is -2.34. The van der Waals surface area contributed by atoms with Crippen LogP contribution >= 0.6 is 0 Å². The maximum Gasteiger partial charge on any atom is 0.263 e. The summed E-state index contributed by atoms with van der Waals surface area (Å²) >= 11 is 0. The molecule has 0 saturated carbocycles. The molecule has 7 nitrogen and oxygen atoms in total. The van der Waals surface area contributed by atoms with Crippen LogP contribution in [0.15, 0.2) is 54.9 Å². The van der Waals surface area contributed by atoms with E-state index in [9.17, 15) is 18.4 Å². The number of hydrogen-bond donors (Lipinski definition) is 2. The molecule has 36 heavy (non-hydrogen) atoms. The van der Waals surface area contributed by atoms with E-state index in [0.717, 1.165) is 41.7 Å². The van der Waals surface area contributed by atoms with Gasteiger partial charge in [0.1, 0.15) is 0 Å². The van der Waals surface area contributed by atoms with E-state index in [4.69, 9.17) is 5.73 Å². The zero-order valence-electron chi connectivity index (χ0n) is 19.9. The van der Waals surface area contributed by atoms with Gasteiger partial charge in [-0.3, -0.25) is 14.3 Å². The molecular weight excluding hydrogens is 464 g/mol. The highest BCUT2D eigenvalue weighted by Crippen LogP contribution is 2.36. The van der Waals surface area contributed by atoms with E-state index in [0.29, 0.717) is 29.6 Å². The number of primary amides is 1. The van der Waals surface area contributed by atoms with Crippen molar-refractivity contribution in [2.45, 2.75) is 25.7 Å². The Morgan fingerprint density at radius 1 is 1.19 bits per heavy atom. The van der Waals surface area contributed by atoms with E-state index in [2.05, 4.69) is 15.0 Å². The second-order valence-corrected chi connectivity index (χ2v) is 9.38. The number of Topliss-reactive ketones (excluding diaryl/α,β-unsaturated/α-hetero) is 1. The van der Waals surface area contributed by atoms with Gasteiger partial charge in [0.2, 0.25) is 0 Å². The van der Waals surface area contributed by atoms with Crippen LogP contribution in [0.3, 0.4) is 0 Å². The first-order valence-electron chi connectivity index (χ1n) is 11.9. The fourth-order valence-electron chi connectivity index (χ4n) is 5.05. The van der Waals surface area contributed by atoms with Gasteiger partial charge in [0, 0.05) is 66.2 Å². The quantitative estimate of drug-likeness (QED) is 0.352. The van der Waals surface area contributed by atoms with Gasteiger partial charge in [-0.25, -0.2) is 8.78 Å². The molecule has 3 N–H and O–H groups in total. The molecule has 0 aliphatic carbocycles. The lowest BCUT2D eigenvalue weighted by molar-refractivity contribution is 0.0954. The SMILES string of the molecule is Cn1cc(-c2cc3c(N4CCC[C@@H](CC(=O)c5ccc(C(F)F)cc5)C4)ccc(C(N)=O)c3[nH]2)cn1. The van der Waals surface area contributed by atoms with Crippen LogP contribution in [0.5, 0.6) is 0 Å². The van der Waals surface area contributed by atoms with Crippen molar-refractivity contribution < 1.29 is 18.4 Å². The Hall–Kier alpha value is -4.01. The monoisotopic (exact) mass is 491 g/mol. The van der Waals surface area contributed by atoms with Crippen LogP contribution in [-0.2, 0) is 7.05 Å². The van der Waals surface area contributed by atoms with Crippen LogP contribution in [0.4, 0.5) is 14.5 Å². The van der Waals surface area contributed by atoms with Gasteiger partial charge in [0.05, 0.1) is 17.3 Å². The Morgan fingerprint density at radius 2 is 1.97 bits per heavy atom. The van der Waals surface area contributed by atoms with Crippen LogP contribution in [0.2, 0.25) is 0 Å². The van der Waals surface area contributed by atoms with Gasteiger partial charge in [0.25, 0.3) is 12.3 Å². The summed E-state index contributed by atoms with van der Waals surface area (Å²) in [5.41, 5.74) is 9.82. The average molecular weight is 492 g/mol. The number of ketones is 1. The molecule has 1 saturated heterocycles. The number of nitrogens with two attached hydrogens (primary N) is 1. The minimum atomic E-state index is -2.55. The maximum absolute atomic E-state index is 12.9. The molecule has 3 heterocycles. The number of amides is 1. The molecule has 1 fully saturated rings. The molecule has 4 aromatic rings. The third kappa shape index (κ3) is 4.60. The number of halogens is 2. The number of benzene rings is 2. The topological polar surface area (TPSA) is 97.0 Å². The third-order valence-corrected chi connectivity index (χ3v) is 6.87. The maximum atomic E-state index is 12.9. The van der Waals surface area contributed by atoms with Crippen molar-refractivity contribution in [1.82, 2.24) is 14.8 Å². The molecule has 0 unspecified atom stereocenters. The number of hydrogen-bond acceptors (Lipinski definition) is 4. The second kappa shape index (κ2) is 9.56. The predicted molar refractivity (Wildman–Crippen MR) is 134 cm³/mol. The highest BCUT2D eigenvalue weighted by Gasteiger charge is 2.25. The Morgan fingerprint density at radius 3 is 2.64 bits per heavy atom. The second-order valence-electron chi connectivity index (χ2n) is 9.38. The van der Waals surface area contributed by atoms with Crippen LogP contribution in [0.25, 0.3) is 22.2 Å². The summed E-state index contributed by atoms with van der Waals surface area (Å²) < 4.78 is 27.4. The number of H-pyrrole nitrogens is 1. The largest absolute Gasteiger partial charge is 0.371 e. The zero-order chi connectivity index (χ0) is 25.4. The van der Waals surface area contributed by atoms with E-state index in [1.165, 1.54) is 24.3 Å². The lowest BCUT2D eigenvalue weighted by atomic mass is 9.90. The summed E-state index contributed by atoms with van der Waals surface area (Å²) in [6.07, 6.45) is 3.28. The number of fused-ring (bicyclic) bond motifs is 1. The van der Waals surface area contributed by atoms with Crippen LogP contribution in [0, 0.1) is 5.92 Å². The molecule has 0 spiro atoms. The summed E-state index contributed by atoms with van der Waals surface area (Å²) in [6, 6.07) is 11.3. The summed E-state index contributed by atoms with van der Waals surface area (Å²) in [6.45, 7) is 1.51. The highest BCUT2D eigenvalue weighted by atomic mass is 19.3. The smallest absolute Gasteiger partial charge is 0.263 e. The molecular formula is C27H27F2N5O2. The van der Waals surface area contributed by atoms with Gasteiger partial charge >= 0.3 is 0 Å². The minimum Gasteiger partial charge on any atom is -0.371 e. The molecule has 0 radical (unpaired) electrons. The van der Waals surface area contributed by atoms with Crippen molar-refractivity contribution in [3.05, 3.63) is 71.5 Å². The molecule has 2 aromatic heterocycles. The number of nitrogens with zero attached hydrogens (tertiary/aromatic N) is 3. The Balaban J connectivity index is 1.40. The van der Waals surface area contributed by atoms with Gasteiger partial charge in [-0.15, -0.1) is 0 Å². The first kappa shape index (κ1) is 23.7. The van der Waals surface area contributed by atoms with Crippen molar-refractivity contribution in [3.8, 4) is 11.3 Å². The van der Waals surface area contributed by atoms with Crippen LogP contribution < -0.4 is 10.6 Å². The van der Waals surface area contributed by atoms with E-state index in [1.807, 2.05) is 25.4 Å². The number of aromatic nitrogens is 3. The molecule has 1 atom stereocenters. The lowest BCUT2D eigenvalue weighted by Crippen LogP contribution is -2.36. The van der Waals surface area contributed by atoms with Gasteiger partial charge < -0.3 is 15.6 Å². The summed E-state index contributed by atoms with van der Waals surface area (Å²) in [4.78, 5) is 30.6. The molecule has 1 aliphatic rings. The van der Waals surface area contributed by atoms with E-state index < -0.39 is 12.3 Å².